The molecular weight excluding hydrogens is 479 g/mol. The molecule has 2 heterocycles. The smallest absolute Gasteiger partial charge is 0.242 e. The van der Waals surface area contributed by atoms with E-state index in [2.05, 4.69) is 10.2 Å². The Morgan fingerprint density at radius 3 is 2.44 bits per heavy atom. The summed E-state index contributed by atoms with van der Waals surface area (Å²) in [5.41, 5.74) is 0. The van der Waals surface area contributed by atoms with E-state index < -0.39 is 9.84 Å². The zero-order valence-corrected chi connectivity index (χ0v) is 19.0. The molecule has 2 aliphatic carbocycles. The zero-order chi connectivity index (χ0) is 18.1. The molecule has 0 aromatic rings. The minimum absolute atomic E-state index is 0. The molecule has 9 heteroatoms. The Morgan fingerprint density at radius 1 is 1.11 bits per heavy atom. The molecule has 4 aliphatic rings. The summed E-state index contributed by atoms with van der Waals surface area (Å²) in [6.07, 6.45) is 7.75. The van der Waals surface area contributed by atoms with Crippen molar-refractivity contribution in [2.75, 3.05) is 37.7 Å². The van der Waals surface area contributed by atoms with Gasteiger partial charge in [0.25, 0.3) is 0 Å². The second-order valence-electron chi connectivity index (χ2n) is 8.30. The van der Waals surface area contributed by atoms with Gasteiger partial charge in [-0.05, 0) is 38.0 Å². The summed E-state index contributed by atoms with van der Waals surface area (Å²) in [6.45, 7) is 2.50. The van der Waals surface area contributed by atoms with Gasteiger partial charge >= 0.3 is 0 Å². The van der Waals surface area contributed by atoms with Gasteiger partial charge in [0.05, 0.1) is 18.1 Å². The van der Waals surface area contributed by atoms with Crippen molar-refractivity contribution >= 4 is 45.7 Å². The van der Waals surface area contributed by atoms with Crippen molar-refractivity contribution in [1.29, 1.82) is 0 Å². The van der Waals surface area contributed by atoms with Crippen LogP contribution in [-0.2, 0) is 14.6 Å². The quantitative estimate of drug-likeness (QED) is 0.350. The fourth-order valence-corrected chi connectivity index (χ4v) is 6.21. The minimum atomic E-state index is -2.87. The van der Waals surface area contributed by atoms with Crippen molar-refractivity contribution in [1.82, 2.24) is 15.1 Å². The van der Waals surface area contributed by atoms with Gasteiger partial charge in [0.15, 0.2) is 15.8 Å². The first-order chi connectivity index (χ1) is 12.5. The van der Waals surface area contributed by atoms with Gasteiger partial charge in [-0.2, -0.15) is 0 Å². The maximum atomic E-state index is 12.5. The molecule has 1 atom stereocenters. The summed E-state index contributed by atoms with van der Waals surface area (Å²) >= 11 is 0. The number of aliphatic imine (C=N–C) groups is 1. The van der Waals surface area contributed by atoms with Gasteiger partial charge in [-0.1, -0.05) is 12.8 Å². The van der Waals surface area contributed by atoms with Crippen LogP contribution in [0.15, 0.2) is 4.99 Å². The van der Waals surface area contributed by atoms with Gasteiger partial charge < -0.3 is 15.1 Å². The van der Waals surface area contributed by atoms with E-state index in [9.17, 15) is 13.2 Å². The molecule has 0 aromatic heterocycles. The molecule has 154 valence electrons. The number of halogens is 1. The number of guanidine groups is 1. The third-order valence-electron chi connectivity index (χ3n) is 6.06. The van der Waals surface area contributed by atoms with Crippen LogP contribution in [0.2, 0.25) is 0 Å². The molecule has 0 spiro atoms. The summed E-state index contributed by atoms with van der Waals surface area (Å²) in [4.78, 5) is 21.4. The lowest BCUT2D eigenvalue weighted by Gasteiger charge is -2.37. The predicted molar refractivity (Wildman–Crippen MR) is 116 cm³/mol. The van der Waals surface area contributed by atoms with Crippen LogP contribution in [0.3, 0.4) is 0 Å². The number of nitrogens with one attached hydrogen (secondary N) is 1. The summed E-state index contributed by atoms with van der Waals surface area (Å²) in [5, 5.41) is 3.57. The first-order valence-electron chi connectivity index (χ1n) is 10.1. The molecule has 27 heavy (non-hydrogen) atoms. The SMILES string of the molecule is I.O=C1CN(C(=NCC2CCS(=O)(=O)C2)NC2CCCC2)CCN1C1CC1. The number of hydrogen-bond acceptors (Lipinski definition) is 4. The monoisotopic (exact) mass is 510 g/mol. The van der Waals surface area contributed by atoms with Gasteiger partial charge in [-0.25, -0.2) is 8.42 Å². The normalized spacial score (nSPS) is 29.1. The number of carbonyl (C=O) groups excluding carboxylic acids is 1. The molecule has 7 nitrogen and oxygen atoms in total. The first kappa shape index (κ1) is 21.1. The van der Waals surface area contributed by atoms with E-state index in [0.29, 0.717) is 31.6 Å². The molecule has 2 aliphatic heterocycles. The molecule has 4 rings (SSSR count). The first-order valence-corrected chi connectivity index (χ1v) is 11.9. The number of amides is 1. The average Bonchev–Trinajstić information content (AvgIpc) is 3.19. The summed E-state index contributed by atoms with van der Waals surface area (Å²) in [5.74, 6) is 1.66. The molecule has 2 saturated carbocycles. The minimum Gasteiger partial charge on any atom is -0.353 e. The Balaban J connectivity index is 0.00000210. The highest BCUT2D eigenvalue weighted by molar-refractivity contribution is 14.0. The van der Waals surface area contributed by atoms with Crippen molar-refractivity contribution in [2.24, 2.45) is 10.9 Å². The highest BCUT2D eigenvalue weighted by Gasteiger charge is 2.37. The largest absolute Gasteiger partial charge is 0.353 e. The van der Waals surface area contributed by atoms with Crippen molar-refractivity contribution in [3.63, 3.8) is 0 Å². The fraction of sp³-hybridized carbons (Fsp3) is 0.889. The van der Waals surface area contributed by atoms with E-state index in [1.165, 1.54) is 12.8 Å². The summed E-state index contributed by atoms with van der Waals surface area (Å²) in [7, 11) is -2.87. The van der Waals surface area contributed by atoms with Crippen molar-refractivity contribution in [3.05, 3.63) is 0 Å². The molecule has 4 fully saturated rings. The number of rotatable bonds is 4. The van der Waals surface area contributed by atoms with E-state index in [4.69, 9.17) is 4.99 Å². The molecule has 1 amide bonds. The summed E-state index contributed by atoms with van der Waals surface area (Å²) < 4.78 is 23.4. The third-order valence-corrected chi connectivity index (χ3v) is 7.90. The van der Waals surface area contributed by atoms with E-state index in [0.717, 1.165) is 44.7 Å². The lowest BCUT2D eigenvalue weighted by atomic mass is 10.1. The Morgan fingerprint density at radius 2 is 1.85 bits per heavy atom. The molecule has 0 radical (unpaired) electrons. The maximum Gasteiger partial charge on any atom is 0.242 e. The Kier molecular flexibility index (Phi) is 6.92. The second kappa shape index (κ2) is 8.84. The van der Waals surface area contributed by atoms with E-state index in [1.807, 2.05) is 4.90 Å². The highest BCUT2D eigenvalue weighted by Crippen LogP contribution is 2.28. The van der Waals surface area contributed by atoms with Crippen LogP contribution in [0, 0.1) is 5.92 Å². The van der Waals surface area contributed by atoms with E-state index >= 15 is 0 Å². The molecule has 0 bridgehead atoms. The fourth-order valence-electron chi connectivity index (χ4n) is 4.36. The van der Waals surface area contributed by atoms with Crippen molar-refractivity contribution < 1.29 is 13.2 Å². The Labute approximate surface area is 179 Å². The Bertz CT molecular complexity index is 674. The van der Waals surface area contributed by atoms with Crippen LogP contribution < -0.4 is 5.32 Å². The number of piperazine rings is 1. The van der Waals surface area contributed by atoms with E-state index in [-0.39, 0.29) is 47.3 Å². The van der Waals surface area contributed by atoms with Crippen LogP contribution in [0.4, 0.5) is 0 Å². The molecule has 1 unspecified atom stereocenters. The highest BCUT2D eigenvalue weighted by atomic mass is 127. The molecule has 2 saturated heterocycles. The number of sulfone groups is 1. The number of nitrogens with zero attached hydrogens (tertiary/aromatic N) is 3. The lowest BCUT2D eigenvalue weighted by molar-refractivity contribution is -0.135. The van der Waals surface area contributed by atoms with Crippen LogP contribution in [-0.4, -0.2) is 79.9 Å². The maximum absolute atomic E-state index is 12.5. The van der Waals surface area contributed by atoms with E-state index in [1.54, 1.807) is 0 Å². The standard InChI is InChI=1S/C18H30N4O3S.HI/c23-17-12-21(8-9-22(17)16-5-6-16)18(20-15-3-1-2-4-15)19-11-14-7-10-26(24,25)13-14;/h14-16H,1-13H2,(H,19,20);1H. The second-order valence-corrected chi connectivity index (χ2v) is 10.5. The third kappa shape index (κ3) is 5.48. The van der Waals surface area contributed by atoms with Gasteiger partial charge in [0.2, 0.25) is 5.91 Å². The van der Waals surface area contributed by atoms with Gasteiger partial charge in [0.1, 0.15) is 0 Å². The topological polar surface area (TPSA) is 82.1 Å². The predicted octanol–water partition coefficient (Wildman–Crippen LogP) is 1.23. The lowest BCUT2D eigenvalue weighted by Crippen LogP contribution is -2.56. The zero-order valence-electron chi connectivity index (χ0n) is 15.8. The van der Waals surface area contributed by atoms with Crippen LogP contribution in [0.5, 0.6) is 0 Å². The Hall–Kier alpha value is -0.580. The van der Waals surface area contributed by atoms with Crippen LogP contribution >= 0.6 is 24.0 Å². The van der Waals surface area contributed by atoms with Crippen LogP contribution in [0.1, 0.15) is 44.9 Å². The number of hydrogen-bond donors (Lipinski definition) is 1. The molecule has 1 N–H and O–H groups in total. The number of carbonyl (C=O) groups is 1. The van der Waals surface area contributed by atoms with Crippen molar-refractivity contribution in [2.45, 2.75) is 57.0 Å². The van der Waals surface area contributed by atoms with Gasteiger partial charge in [-0.15, -0.1) is 24.0 Å². The molecular formula is C18H31IN4O3S. The molecule has 0 aromatic carbocycles. The average molecular weight is 510 g/mol. The van der Waals surface area contributed by atoms with Crippen LogP contribution in [0.25, 0.3) is 0 Å². The van der Waals surface area contributed by atoms with Gasteiger partial charge in [0, 0.05) is 31.7 Å². The summed E-state index contributed by atoms with van der Waals surface area (Å²) in [6, 6.07) is 0.897. The van der Waals surface area contributed by atoms with Gasteiger partial charge in [-0.3, -0.25) is 9.79 Å². The van der Waals surface area contributed by atoms with Crippen molar-refractivity contribution in [3.8, 4) is 0 Å².